The van der Waals surface area contributed by atoms with E-state index in [1.807, 2.05) is 74.4 Å². The molecule has 0 aromatic heterocycles. The number of carbonyl (C=O) groups excluding carboxylic acids is 2. The van der Waals surface area contributed by atoms with Crippen LogP contribution in [0.5, 0.6) is 0 Å². The van der Waals surface area contributed by atoms with Crippen molar-refractivity contribution in [2.45, 2.75) is 32.4 Å². The molecule has 2 aromatic carbocycles. The molecule has 0 saturated heterocycles. The van der Waals surface area contributed by atoms with Gasteiger partial charge in [-0.3, -0.25) is 14.5 Å². The van der Waals surface area contributed by atoms with Gasteiger partial charge in [-0.2, -0.15) is 0 Å². The van der Waals surface area contributed by atoms with Gasteiger partial charge in [-0.25, -0.2) is 0 Å². The third-order valence-corrected chi connectivity index (χ3v) is 4.77. The highest BCUT2D eigenvalue weighted by molar-refractivity contribution is 6.03. The van der Waals surface area contributed by atoms with Crippen LogP contribution in [0.1, 0.15) is 24.5 Å². The Balaban J connectivity index is 1.70. The Kier molecular flexibility index (Phi) is 5.26. The summed E-state index contributed by atoms with van der Waals surface area (Å²) in [5, 5.41) is 2.99. The summed E-state index contributed by atoms with van der Waals surface area (Å²) in [5.74, 6) is -0.134. The SMILES string of the molecule is CCC(=O)N1c2ccccc2C[C@@H]1C(=O)NCc1ccc(N(C)C)cc1. The van der Waals surface area contributed by atoms with Gasteiger partial charge >= 0.3 is 0 Å². The predicted molar refractivity (Wildman–Crippen MR) is 104 cm³/mol. The van der Waals surface area contributed by atoms with Crippen LogP contribution in [0.2, 0.25) is 0 Å². The smallest absolute Gasteiger partial charge is 0.243 e. The molecule has 2 aromatic rings. The van der Waals surface area contributed by atoms with E-state index in [9.17, 15) is 9.59 Å². The number of anilines is 2. The Hall–Kier alpha value is -2.82. The van der Waals surface area contributed by atoms with Gasteiger partial charge in [0.2, 0.25) is 11.8 Å². The van der Waals surface area contributed by atoms with Crippen molar-refractivity contribution in [3.63, 3.8) is 0 Å². The van der Waals surface area contributed by atoms with E-state index in [4.69, 9.17) is 0 Å². The fraction of sp³-hybridized carbons (Fsp3) is 0.333. The average Bonchev–Trinajstić information content (AvgIpc) is 3.05. The van der Waals surface area contributed by atoms with Gasteiger partial charge in [-0.1, -0.05) is 37.3 Å². The highest BCUT2D eigenvalue weighted by atomic mass is 16.2. The van der Waals surface area contributed by atoms with Crippen molar-refractivity contribution < 1.29 is 9.59 Å². The Morgan fingerprint density at radius 3 is 2.46 bits per heavy atom. The summed E-state index contributed by atoms with van der Waals surface area (Å²) in [6.45, 7) is 2.28. The summed E-state index contributed by atoms with van der Waals surface area (Å²) >= 11 is 0. The van der Waals surface area contributed by atoms with E-state index < -0.39 is 6.04 Å². The van der Waals surface area contributed by atoms with Gasteiger partial charge in [0, 0.05) is 44.9 Å². The molecule has 1 heterocycles. The Morgan fingerprint density at radius 2 is 1.81 bits per heavy atom. The van der Waals surface area contributed by atoms with Crippen molar-refractivity contribution in [1.29, 1.82) is 0 Å². The van der Waals surface area contributed by atoms with Gasteiger partial charge in [0.1, 0.15) is 6.04 Å². The fourth-order valence-corrected chi connectivity index (χ4v) is 3.29. The van der Waals surface area contributed by atoms with Gasteiger partial charge in [0.15, 0.2) is 0 Å². The number of hydrogen-bond donors (Lipinski definition) is 1. The molecule has 0 spiro atoms. The van der Waals surface area contributed by atoms with Crippen LogP contribution in [-0.2, 0) is 22.6 Å². The molecule has 1 aliphatic heterocycles. The molecule has 5 heteroatoms. The normalized spacial score (nSPS) is 15.5. The molecule has 0 saturated carbocycles. The molecule has 0 bridgehead atoms. The first-order chi connectivity index (χ1) is 12.5. The van der Waals surface area contributed by atoms with Crippen LogP contribution >= 0.6 is 0 Å². The zero-order chi connectivity index (χ0) is 18.7. The fourth-order valence-electron chi connectivity index (χ4n) is 3.29. The Bertz CT molecular complexity index is 799. The number of benzene rings is 2. The summed E-state index contributed by atoms with van der Waals surface area (Å²) in [4.78, 5) is 28.9. The maximum atomic E-state index is 12.8. The molecule has 5 nitrogen and oxygen atoms in total. The second kappa shape index (κ2) is 7.60. The second-order valence-electron chi connectivity index (χ2n) is 6.74. The molecule has 26 heavy (non-hydrogen) atoms. The number of fused-ring (bicyclic) bond motifs is 1. The van der Waals surface area contributed by atoms with Crippen molar-refractivity contribution >= 4 is 23.2 Å². The molecule has 0 unspecified atom stereocenters. The van der Waals surface area contributed by atoms with Gasteiger partial charge in [0.25, 0.3) is 0 Å². The summed E-state index contributed by atoms with van der Waals surface area (Å²) < 4.78 is 0. The highest BCUT2D eigenvalue weighted by Crippen LogP contribution is 2.32. The van der Waals surface area contributed by atoms with Crippen LogP contribution in [0, 0.1) is 0 Å². The number of hydrogen-bond acceptors (Lipinski definition) is 3. The highest BCUT2D eigenvalue weighted by Gasteiger charge is 2.37. The lowest BCUT2D eigenvalue weighted by Gasteiger charge is -2.24. The minimum absolute atomic E-state index is 0.0227. The lowest BCUT2D eigenvalue weighted by molar-refractivity contribution is -0.126. The van der Waals surface area contributed by atoms with E-state index in [-0.39, 0.29) is 11.8 Å². The number of para-hydroxylation sites is 1. The van der Waals surface area contributed by atoms with Crippen LogP contribution in [0.25, 0.3) is 0 Å². The first kappa shape index (κ1) is 18.0. The summed E-state index contributed by atoms with van der Waals surface area (Å²) in [5.41, 5.74) is 4.05. The van der Waals surface area contributed by atoms with Crippen molar-refractivity contribution in [3.8, 4) is 0 Å². The van der Waals surface area contributed by atoms with Crippen molar-refractivity contribution in [1.82, 2.24) is 5.32 Å². The molecule has 3 rings (SSSR count). The van der Waals surface area contributed by atoms with Crippen LogP contribution in [0.3, 0.4) is 0 Å². The van der Waals surface area contributed by atoms with Crippen molar-refractivity contribution in [2.24, 2.45) is 0 Å². The number of rotatable bonds is 5. The second-order valence-corrected chi connectivity index (χ2v) is 6.74. The predicted octanol–water partition coefficient (Wildman–Crippen LogP) is 2.74. The average molecular weight is 351 g/mol. The molecule has 0 radical (unpaired) electrons. The first-order valence-corrected chi connectivity index (χ1v) is 8.95. The molecule has 1 atom stereocenters. The lowest BCUT2D eigenvalue weighted by Crippen LogP contribution is -2.47. The zero-order valence-electron chi connectivity index (χ0n) is 15.5. The summed E-state index contributed by atoms with van der Waals surface area (Å²) in [6.07, 6.45) is 0.942. The van der Waals surface area contributed by atoms with Crippen molar-refractivity contribution in [2.75, 3.05) is 23.9 Å². The van der Waals surface area contributed by atoms with Gasteiger partial charge < -0.3 is 10.2 Å². The Labute approximate surface area is 154 Å². The molecule has 0 fully saturated rings. The van der Waals surface area contributed by atoms with E-state index in [0.29, 0.717) is 19.4 Å². The molecule has 1 aliphatic rings. The Morgan fingerprint density at radius 1 is 1.12 bits per heavy atom. The molecular weight excluding hydrogens is 326 g/mol. The van der Waals surface area contributed by atoms with E-state index in [1.165, 1.54) is 0 Å². The van der Waals surface area contributed by atoms with Crippen LogP contribution in [-0.4, -0.2) is 32.0 Å². The number of nitrogens with zero attached hydrogens (tertiary/aromatic N) is 2. The minimum Gasteiger partial charge on any atom is -0.378 e. The number of nitrogens with one attached hydrogen (secondary N) is 1. The first-order valence-electron chi connectivity index (χ1n) is 8.95. The van der Waals surface area contributed by atoms with Crippen molar-refractivity contribution in [3.05, 3.63) is 59.7 Å². The maximum absolute atomic E-state index is 12.8. The van der Waals surface area contributed by atoms with E-state index in [0.717, 1.165) is 22.5 Å². The van der Waals surface area contributed by atoms with Crippen LogP contribution in [0.4, 0.5) is 11.4 Å². The monoisotopic (exact) mass is 351 g/mol. The maximum Gasteiger partial charge on any atom is 0.243 e. The zero-order valence-corrected chi connectivity index (χ0v) is 15.5. The summed E-state index contributed by atoms with van der Waals surface area (Å²) in [6, 6.07) is 15.3. The van der Waals surface area contributed by atoms with Crippen LogP contribution in [0.15, 0.2) is 48.5 Å². The van der Waals surface area contributed by atoms with E-state index in [1.54, 1.807) is 4.90 Å². The van der Waals surface area contributed by atoms with E-state index >= 15 is 0 Å². The summed E-state index contributed by atoms with van der Waals surface area (Å²) in [7, 11) is 3.99. The molecule has 2 amide bonds. The van der Waals surface area contributed by atoms with E-state index in [2.05, 4.69) is 5.32 Å². The third-order valence-electron chi connectivity index (χ3n) is 4.77. The molecule has 136 valence electrons. The van der Waals surface area contributed by atoms with Gasteiger partial charge in [-0.15, -0.1) is 0 Å². The topological polar surface area (TPSA) is 52.7 Å². The number of amides is 2. The number of carbonyl (C=O) groups is 2. The standard InChI is InChI=1S/C21H25N3O2/c1-4-20(25)24-18-8-6-5-7-16(18)13-19(24)21(26)22-14-15-9-11-17(12-10-15)23(2)3/h5-12,19H,4,13-14H2,1-3H3,(H,22,26)/t19-/m1/s1. The lowest BCUT2D eigenvalue weighted by atomic mass is 10.1. The third kappa shape index (κ3) is 3.57. The van der Waals surface area contributed by atoms with Crippen LogP contribution < -0.4 is 15.1 Å². The van der Waals surface area contributed by atoms with Gasteiger partial charge in [0.05, 0.1) is 0 Å². The minimum atomic E-state index is -0.471. The molecule has 1 N–H and O–H groups in total. The quantitative estimate of drug-likeness (QED) is 0.901. The largest absolute Gasteiger partial charge is 0.378 e. The van der Waals surface area contributed by atoms with Gasteiger partial charge in [-0.05, 0) is 29.3 Å². The molecule has 0 aliphatic carbocycles. The molecular formula is C21H25N3O2.